The van der Waals surface area contributed by atoms with E-state index in [1.807, 2.05) is 10.3 Å². The molecule has 1 aromatic carbocycles. The fraction of sp³-hybridized carbons (Fsp3) is 0.686. The highest BCUT2D eigenvalue weighted by Gasteiger charge is 2.41. The van der Waals surface area contributed by atoms with Gasteiger partial charge in [0.1, 0.15) is 17.0 Å². The van der Waals surface area contributed by atoms with Gasteiger partial charge in [-0.15, -0.1) is 11.3 Å². The van der Waals surface area contributed by atoms with Crippen LogP contribution in [0.1, 0.15) is 112 Å². The molecule has 260 valence electrons. The molecule has 4 heterocycles. The van der Waals surface area contributed by atoms with Crippen molar-refractivity contribution in [2.45, 2.75) is 96.7 Å². The van der Waals surface area contributed by atoms with E-state index < -0.39 is 6.10 Å². The molecule has 10 nitrogen and oxygen atoms in total. The van der Waals surface area contributed by atoms with Gasteiger partial charge in [0, 0.05) is 49.6 Å². The molecule has 3 aromatic rings. The maximum Gasteiger partial charge on any atom is 0.305 e. The number of piperidine rings is 1. The molecule has 1 atom stereocenters. The third kappa shape index (κ3) is 9.42. The molecule has 0 radical (unpaired) electrons. The summed E-state index contributed by atoms with van der Waals surface area (Å²) in [5.41, 5.74) is 1.53. The number of H-pyrrole nitrogens is 1. The van der Waals surface area contributed by atoms with Gasteiger partial charge >= 0.3 is 4.87 Å². The smallest absolute Gasteiger partial charge is 0.305 e. The van der Waals surface area contributed by atoms with E-state index in [1.165, 1.54) is 38.2 Å². The zero-order valence-corrected chi connectivity index (χ0v) is 30.1. The Bertz CT molecular complexity index is 1520. The molecule has 5 rings (SSSR count). The Morgan fingerprint density at radius 3 is 2.64 bits per heavy atom. The van der Waals surface area contributed by atoms with E-state index in [2.05, 4.69) is 47.9 Å². The average Bonchev–Trinajstić information content (AvgIpc) is 3.69. The van der Waals surface area contributed by atoms with Crippen molar-refractivity contribution in [1.82, 2.24) is 25.1 Å². The lowest BCUT2D eigenvalue weighted by atomic mass is 9.86. The van der Waals surface area contributed by atoms with Crippen molar-refractivity contribution in [2.75, 3.05) is 52.4 Å². The van der Waals surface area contributed by atoms with Crippen LogP contribution >= 0.6 is 22.7 Å². The molecule has 0 bridgehead atoms. The number of rotatable bonds is 15. The number of nitrogens with zero attached hydrogens (tertiary/aromatic N) is 3. The number of hydrogen-bond donors (Lipinski definition) is 4. The van der Waals surface area contributed by atoms with E-state index in [9.17, 15) is 19.8 Å². The van der Waals surface area contributed by atoms with E-state index in [-0.39, 0.29) is 27.5 Å². The monoisotopic (exact) mass is 687 g/mol. The van der Waals surface area contributed by atoms with Crippen LogP contribution in [0.15, 0.2) is 22.3 Å². The van der Waals surface area contributed by atoms with Crippen molar-refractivity contribution in [1.29, 1.82) is 0 Å². The first kappa shape index (κ1) is 35.9. The second-order valence-electron chi connectivity index (χ2n) is 14.5. The molecule has 0 saturated carbocycles. The Balaban J connectivity index is 0.930. The number of carbonyl (C=O) groups excluding carboxylic acids is 1. The number of fused-ring (bicyclic) bond motifs is 1. The maximum atomic E-state index is 13.2. The van der Waals surface area contributed by atoms with Crippen LogP contribution in [0.2, 0.25) is 0 Å². The number of aromatic hydroxyl groups is 1. The molecular formula is C35H53N5O5S2. The minimum atomic E-state index is -0.757. The molecule has 2 aliphatic heterocycles. The van der Waals surface area contributed by atoms with E-state index in [4.69, 9.17) is 4.74 Å². The predicted molar refractivity (Wildman–Crippen MR) is 190 cm³/mol. The normalized spacial score (nSPS) is 18.0. The fourth-order valence-electron chi connectivity index (χ4n) is 6.83. The van der Waals surface area contributed by atoms with Gasteiger partial charge < -0.3 is 35.1 Å². The fourth-order valence-corrected chi connectivity index (χ4v) is 8.56. The summed E-state index contributed by atoms with van der Waals surface area (Å²) in [4.78, 5) is 36.5. The van der Waals surface area contributed by atoms with Gasteiger partial charge in [0.2, 0.25) is 0 Å². The van der Waals surface area contributed by atoms with Gasteiger partial charge in [0.05, 0.1) is 34.6 Å². The van der Waals surface area contributed by atoms with E-state index in [0.717, 1.165) is 61.8 Å². The van der Waals surface area contributed by atoms with Gasteiger partial charge in [-0.05, 0) is 43.7 Å². The maximum absolute atomic E-state index is 13.2. The number of phenolic OH excluding ortho intramolecular Hbond substituents is 1. The number of thiazole rings is 2. The minimum Gasteiger partial charge on any atom is -0.506 e. The largest absolute Gasteiger partial charge is 0.506 e. The van der Waals surface area contributed by atoms with Crippen LogP contribution in [0.5, 0.6) is 5.75 Å². The van der Waals surface area contributed by atoms with Crippen LogP contribution in [-0.4, -0.2) is 93.9 Å². The number of ether oxygens (including phenoxy) is 1. The summed E-state index contributed by atoms with van der Waals surface area (Å²) in [5.74, 6) is 0.401. The second-order valence-corrected chi connectivity index (χ2v) is 16.4. The number of benzene rings is 1. The van der Waals surface area contributed by atoms with Crippen LogP contribution in [0, 0.1) is 5.41 Å². The molecule has 47 heavy (non-hydrogen) atoms. The number of carbonyl (C=O) groups is 1. The summed E-state index contributed by atoms with van der Waals surface area (Å²) in [6, 6.07) is 3.21. The second kappa shape index (κ2) is 15.9. The molecule has 12 heteroatoms. The number of amides is 1. The van der Waals surface area contributed by atoms with Gasteiger partial charge in [0.15, 0.2) is 0 Å². The summed E-state index contributed by atoms with van der Waals surface area (Å²) < 4.78 is 6.92. The topological polar surface area (TPSA) is 131 Å². The highest BCUT2D eigenvalue weighted by molar-refractivity contribution is 7.16. The Morgan fingerprint density at radius 2 is 1.89 bits per heavy atom. The molecule has 2 aliphatic rings. The number of likely N-dealkylation sites (tertiary alicyclic amines) is 1. The number of aliphatic hydroxyl groups excluding tert-OH is 1. The van der Waals surface area contributed by atoms with E-state index in [1.54, 1.807) is 17.4 Å². The summed E-state index contributed by atoms with van der Waals surface area (Å²) in [5, 5.41) is 27.1. The Morgan fingerprint density at radius 1 is 1.15 bits per heavy atom. The molecule has 4 N–H and O–H groups in total. The highest BCUT2D eigenvalue weighted by atomic mass is 32.1. The zero-order valence-electron chi connectivity index (χ0n) is 28.5. The van der Waals surface area contributed by atoms with Crippen LogP contribution < -0.4 is 10.2 Å². The molecule has 2 saturated heterocycles. The van der Waals surface area contributed by atoms with Gasteiger partial charge in [-0.2, -0.15) is 0 Å². The highest BCUT2D eigenvalue weighted by Crippen LogP contribution is 2.33. The quantitative estimate of drug-likeness (QED) is 0.146. The summed E-state index contributed by atoms with van der Waals surface area (Å²) in [6.45, 7) is 15.0. The Labute approximate surface area is 286 Å². The number of morpholine rings is 1. The first-order valence-corrected chi connectivity index (χ1v) is 19.0. The van der Waals surface area contributed by atoms with E-state index >= 15 is 0 Å². The third-order valence-corrected chi connectivity index (χ3v) is 11.8. The molecule has 2 aromatic heterocycles. The lowest BCUT2D eigenvalue weighted by molar-refractivity contribution is -0.127. The number of hydrogen-bond acceptors (Lipinski definition) is 10. The van der Waals surface area contributed by atoms with Gasteiger partial charge in [-0.3, -0.25) is 9.59 Å². The average molecular weight is 688 g/mol. The van der Waals surface area contributed by atoms with Gasteiger partial charge in [-0.25, -0.2) is 4.98 Å². The van der Waals surface area contributed by atoms with Crippen molar-refractivity contribution < 1.29 is 19.7 Å². The SMILES string of the molecule is CC(C)c1nc(C(=O)N2CCOC3(CCN(CCCCCCCC(C)(C)CNC[C@H](O)c4ccc(O)c5[nH]c(=O)sc45)CC3)C2)cs1. The van der Waals surface area contributed by atoms with Crippen LogP contribution in [0.4, 0.5) is 0 Å². The van der Waals surface area contributed by atoms with Crippen molar-refractivity contribution in [3.05, 3.63) is 43.4 Å². The van der Waals surface area contributed by atoms with Gasteiger partial charge in [0.25, 0.3) is 5.91 Å². The number of unbranched alkanes of at least 4 members (excludes halogenated alkanes) is 4. The van der Waals surface area contributed by atoms with Crippen LogP contribution in [0.3, 0.4) is 0 Å². The number of aliphatic hydroxyl groups is 1. The van der Waals surface area contributed by atoms with Crippen molar-refractivity contribution in [2.24, 2.45) is 5.41 Å². The van der Waals surface area contributed by atoms with Crippen LogP contribution in [-0.2, 0) is 4.74 Å². The number of aromatic nitrogens is 2. The van der Waals surface area contributed by atoms with Crippen molar-refractivity contribution >= 4 is 38.8 Å². The molecule has 0 unspecified atom stereocenters. The number of phenols is 1. The minimum absolute atomic E-state index is 0.0212. The van der Waals surface area contributed by atoms with Gasteiger partial charge in [-0.1, -0.05) is 70.8 Å². The Hall–Kier alpha value is -2.35. The molecule has 1 amide bonds. The first-order valence-electron chi connectivity index (χ1n) is 17.3. The summed E-state index contributed by atoms with van der Waals surface area (Å²) in [6.07, 6.45) is 8.41. The summed E-state index contributed by atoms with van der Waals surface area (Å²) in [7, 11) is 0. The molecule has 1 spiro atoms. The van der Waals surface area contributed by atoms with E-state index in [0.29, 0.717) is 53.6 Å². The lowest BCUT2D eigenvalue weighted by Crippen LogP contribution is -2.58. The molecule has 2 fully saturated rings. The standard InChI is InChI=1S/C35H53N5O5S2/c1-24(2)31-37-26(21-46-31)32(43)40-18-19-45-35(23-40)13-16-39(17-14-35)15-9-7-5-6-8-12-34(3,4)22-36-20-28(42)25-10-11-27(41)29-30(25)47-33(44)38-29/h10-11,21,24,28,36,41-42H,5-9,12-20,22-23H2,1-4H3,(H,38,44)/t28-/m0/s1. The zero-order chi connectivity index (χ0) is 33.6. The first-order chi connectivity index (χ1) is 22.5. The molecule has 0 aliphatic carbocycles. The Kier molecular flexibility index (Phi) is 12.2. The van der Waals surface area contributed by atoms with Crippen LogP contribution in [0.25, 0.3) is 10.2 Å². The lowest BCUT2D eigenvalue weighted by Gasteiger charge is -2.47. The predicted octanol–water partition coefficient (Wildman–Crippen LogP) is 5.87. The van der Waals surface area contributed by atoms with Crippen molar-refractivity contribution in [3.63, 3.8) is 0 Å². The number of aromatic amines is 1. The summed E-state index contributed by atoms with van der Waals surface area (Å²) >= 11 is 2.59. The van der Waals surface area contributed by atoms with Crippen molar-refractivity contribution in [3.8, 4) is 5.75 Å². The molecular weight excluding hydrogens is 635 g/mol. The third-order valence-electron chi connectivity index (χ3n) is 9.75. The number of nitrogens with one attached hydrogen (secondary N) is 2.